The second kappa shape index (κ2) is 8.81. The highest BCUT2D eigenvalue weighted by Crippen LogP contribution is 2.37. The van der Waals surface area contributed by atoms with Gasteiger partial charge in [-0.15, -0.1) is 0 Å². The summed E-state index contributed by atoms with van der Waals surface area (Å²) in [5.41, 5.74) is 4.88. The van der Waals surface area contributed by atoms with Crippen LogP contribution in [0.25, 0.3) is 22.0 Å². The first-order chi connectivity index (χ1) is 15.0. The number of rotatable bonds is 7. The Morgan fingerprint density at radius 1 is 1.25 bits per heavy atom. The third kappa shape index (κ3) is 4.16. The number of carboxylic acid groups (broad SMARTS) is 1. The van der Waals surface area contributed by atoms with Crippen molar-refractivity contribution in [2.75, 3.05) is 20.6 Å². The number of halogens is 2. The maximum Gasteiger partial charge on any atom is 0.338 e. The molecule has 0 amide bonds. The normalized spacial score (nSPS) is 12.7. The lowest BCUT2D eigenvalue weighted by Gasteiger charge is -2.13. The quantitative estimate of drug-likeness (QED) is 0.561. The average molecular weight is 465 g/mol. The number of aromatic nitrogens is 1. The second-order valence-corrected chi connectivity index (χ2v) is 9.61. The maximum absolute atomic E-state index is 14.5. The Morgan fingerprint density at radius 2 is 1.94 bits per heavy atom. The van der Waals surface area contributed by atoms with Gasteiger partial charge >= 0.3 is 5.97 Å². The molecule has 0 aliphatic carbocycles. The lowest BCUT2D eigenvalue weighted by Crippen LogP contribution is -2.49. The topological polar surface area (TPSA) is 107 Å². The van der Waals surface area contributed by atoms with Crippen LogP contribution in [0, 0.1) is 12.7 Å². The number of fused-ring (bicyclic) bond motifs is 1. The van der Waals surface area contributed by atoms with Gasteiger partial charge in [0.2, 0.25) is 10.0 Å². The van der Waals surface area contributed by atoms with Crippen LogP contribution in [0.1, 0.15) is 16.1 Å². The number of quaternary nitrogens is 1. The summed E-state index contributed by atoms with van der Waals surface area (Å²) in [6.07, 6.45) is 1.30. The highest BCUT2D eigenvalue weighted by molar-refractivity contribution is 7.89. The molecule has 10 heteroatoms. The Labute approximate surface area is 184 Å². The molecule has 7 nitrogen and oxygen atoms in total. The van der Waals surface area contributed by atoms with Crippen LogP contribution in [0.15, 0.2) is 53.2 Å². The third-order valence-corrected chi connectivity index (χ3v) is 7.03. The van der Waals surface area contributed by atoms with E-state index in [2.05, 4.69) is 5.73 Å². The number of benzene rings is 2. The number of hydrogen-bond acceptors (Lipinski definition) is 3. The molecule has 1 heterocycles. The van der Waals surface area contributed by atoms with Crippen molar-refractivity contribution in [2.45, 2.75) is 18.4 Å². The highest BCUT2D eigenvalue weighted by Gasteiger charge is 2.23. The second-order valence-electron chi connectivity index (χ2n) is 7.46. The van der Waals surface area contributed by atoms with Crippen LogP contribution in [-0.2, 0) is 16.6 Å². The summed E-state index contributed by atoms with van der Waals surface area (Å²) in [5, 5.41) is 9.76. The van der Waals surface area contributed by atoms with Crippen molar-refractivity contribution in [2.24, 2.45) is 0 Å². The van der Waals surface area contributed by atoms with Crippen molar-refractivity contribution in [1.29, 1.82) is 0 Å². The molecule has 0 saturated heterocycles. The van der Waals surface area contributed by atoms with Gasteiger partial charge in [-0.1, -0.05) is 12.1 Å². The van der Waals surface area contributed by atoms with E-state index >= 15 is 0 Å². The van der Waals surface area contributed by atoms with Gasteiger partial charge < -0.3 is 15.4 Å². The van der Waals surface area contributed by atoms with E-state index in [9.17, 15) is 27.1 Å². The standard InChI is InChI=1S/C22H23F2N3O4S/c1-13-21(14-5-4-6-16(9-14)32(30,31)26(2)3)18-10-17(22(28)29)19(24)11-20(18)27(13)12-15(23)7-8-25/h4-7,9-11H,8,12,25H2,1-3H3,(H,28,29)/p+1/b15-7-. The fourth-order valence-corrected chi connectivity index (χ4v) is 4.57. The molecule has 0 fully saturated rings. The number of carboxylic acids is 1. The molecule has 0 aliphatic rings. The predicted octanol–water partition coefficient (Wildman–Crippen LogP) is 2.80. The van der Waals surface area contributed by atoms with E-state index in [4.69, 9.17) is 0 Å². The van der Waals surface area contributed by atoms with Crippen molar-refractivity contribution < 1.29 is 32.8 Å². The number of hydrogen-bond donors (Lipinski definition) is 2. The van der Waals surface area contributed by atoms with Gasteiger partial charge in [0.15, 0.2) is 0 Å². The van der Waals surface area contributed by atoms with E-state index in [1.807, 2.05) is 0 Å². The molecule has 32 heavy (non-hydrogen) atoms. The smallest absolute Gasteiger partial charge is 0.338 e. The molecule has 0 spiro atoms. The minimum atomic E-state index is -3.73. The van der Waals surface area contributed by atoms with Crippen LogP contribution in [0.4, 0.5) is 8.78 Å². The van der Waals surface area contributed by atoms with Gasteiger partial charge in [0.1, 0.15) is 11.6 Å². The van der Waals surface area contributed by atoms with Gasteiger partial charge in [-0.25, -0.2) is 26.3 Å². The summed E-state index contributed by atoms with van der Waals surface area (Å²) in [4.78, 5) is 11.6. The van der Waals surface area contributed by atoms with E-state index in [0.29, 0.717) is 27.7 Å². The van der Waals surface area contributed by atoms with Gasteiger partial charge in [0.25, 0.3) is 0 Å². The lowest BCUT2D eigenvalue weighted by atomic mass is 10.0. The minimum absolute atomic E-state index is 0.0454. The van der Waals surface area contributed by atoms with Crippen LogP contribution in [0.3, 0.4) is 0 Å². The van der Waals surface area contributed by atoms with E-state index in [-0.39, 0.29) is 18.0 Å². The van der Waals surface area contributed by atoms with Crippen molar-refractivity contribution in [1.82, 2.24) is 8.87 Å². The largest absolute Gasteiger partial charge is 0.478 e. The first-order valence-electron chi connectivity index (χ1n) is 9.71. The average Bonchev–Trinajstić information content (AvgIpc) is 2.98. The first kappa shape index (κ1) is 23.6. The molecular weight excluding hydrogens is 440 g/mol. The zero-order chi connectivity index (χ0) is 23.8. The minimum Gasteiger partial charge on any atom is -0.478 e. The fraction of sp³-hybridized carbons (Fsp3) is 0.227. The molecule has 2 aromatic carbocycles. The molecular formula is C22H24F2N3O4S+. The van der Waals surface area contributed by atoms with Crippen molar-refractivity contribution in [3.8, 4) is 11.1 Å². The van der Waals surface area contributed by atoms with E-state index in [1.165, 1.54) is 42.9 Å². The molecule has 170 valence electrons. The molecule has 3 rings (SSSR count). The summed E-state index contributed by atoms with van der Waals surface area (Å²) >= 11 is 0. The lowest BCUT2D eigenvalue weighted by molar-refractivity contribution is -0.353. The molecule has 0 atom stereocenters. The first-order valence-corrected chi connectivity index (χ1v) is 11.2. The van der Waals surface area contributed by atoms with Crippen molar-refractivity contribution in [3.63, 3.8) is 0 Å². The Balaban J connectivity index is 2.36. The SMILES string of the molecule is Cc1c(-c2cccc(S(=O)(=O)N(C)C)c2)c2cc(C(=O)O)c(F)cc2n1C/C(F)=C/C[NH3+]. The monoisotopic (exact) mass is 464 g/mol. The predicted molar refractivity (Wildman–Crippen MR) is 117 cm³/mol. The number of allylic oxidation sites excluding steroid dienone is 1. The molecule has 0 unspecified atom stereocenters. The van der Waals surface area contributed by atoms with E-state index < -0.39 is 33.2 Å². The molecule has 0 bridgehead atoms. The van der Waals surface area contributed by atoms with Crippen LogP contribution in [-0.4, -0.2) is 49.0 Å². The molecule has 3 aromatic rings. The number of sulfonamides is 1. The van der Waals surface area contributed by atoms with Gasteiger partial charge in [0.05, 0.1) is 29.1 Å². The summed E-state index contributed by atoms with van der Waals surface area (Å²) in [6, 6.07) is 8.42. The Morgan fingerprint density at radius 3 is 2.53 bits per heavy atom. The number of aromatic carboxylic acids is 1. The molecule has 0 radical (unpaired) electrons. The van der Waals surface area contributed by atoms with Crippen LogP contribution in [0.2, 0.25) is 0 Å². The van der Waals surface area contributed by atoms with Crippen LogP contribution < -0.4 is 5.73 Å². The van der Waals surface area contributed by atoms with Crippen molar-refractivity contribution in [3.05, 3.63) is 65.4 Å². The Bertz CT molecular complexity index is 1340. The zero-order valence-corrected chi connectivity index (χ0v) is 18.7. The summed E-state index contributed by atoms with van der Waals surface area (Å²) in [5.74, 6) is -2.85. The van der Waals surface area contributed by atoms with Gasteiger partial charge in [-0.2, -0.15) is 0 Å². The highest BCUT2D eigenvalue weighted by atomic mass is 32.2. The summed E-state index contributed by atoms with van der Waals surface area (Å²) < 4.78 is 56.7. The zero-order valence-electron chi connectivity index (χ0n) is 17.9. The molecule has 0 aliphatic heterocycles. The molecule has 4 N–H and O–H groups in total. The van der Waals surface area contributed by atoms with E-state index in [0.717, 1.165) is 10.4 Å². The van der Waals surface area contributed by atoms with Crippen LogP contribution in [0.5, 0.6) is 0 Å². The molecule has 1 aromatic heterocycles. The maximum atomic E-state index is 14.5. The number of nitrogens with zero attached hydrogens (tertiary/aromatic N) is 2. The fourth-order valence-electron chi connectivity index (χ4n) is 3.62. The Hall–Kier alpha value is -3.08. The van der Waals surface area contributed by atoms with E-state index in [1.54, 1.807) is 19.1 Å². The van der Waals surface area contributed by atoms with Gasteiger partial charge in [-0.3, -0.25) is 0 Å². The summed E-state index contributed by atoms with van der Waals surface area (Å²) in [6.45, 7) is 1.73. The summed E-state index contributed by atoms with van der Waals surface area (Å²) in [7, 11) is -0.894. The van der Waals surface area contributed by atoms with Gasteiger partial charge in [0, 0.05) is 36.8 Å². The van der Waals surface area contributed by atoms with Gasteiger partial charge in [-0.05, 0) is 36.8 Å². The number of carbonyl (C=O) groups is 1. The van der Waals surface area contributed by atoms with Crippen molar-refractivity contribution >= 4 is 26.9 Å². The molecule has 0 saturated carbocycles. The third-order valence-electron chi connectivity index (χ3n) is 5.22. The van der Waals surface area contributed by atoms with Crippen LogP contribution >= 0.6 is 0 Å². The Kier molecular flexibility index (Phi) is 6.49.